The minimum atomic E-state index is 0.237. The molecule has 3 unspecified atom stereocenters. The third-order valence-electron chi connectivity index (χ3n) is 5.19. The van der Waals surface area contributed by atoms with Crippen molar-refractivity contribution in [3.8, 4) is 0 Å². The van der Waals surface area contributed by atoms with Gasteiger partial charge in [0.15, 0.2) is 0 Å². The standard InChI is InChI=1S/C17H33NO2/c1-4-18-16(11-14(2)13-19-3)15-7-10-20-17(12-15)8-5-6-9-17/h14-16,18H,4-13H2,1-3H3. The van der Waals surface area contributed by atoms with Crippen molar-refractivity contribution in [3.63, 3.8) is 0 Å². The van der Waals surface area contributed by atoms with Crippen LogP contribution in [0.2, 0.25) is 0 Å². The van der Waals surface area contributed by atoms with E-state index in [0.29, 0.717) is 12.0 Å². The molecule has 0 aromatic carbocycles. The van der Waals surface area contributed by atoms with Gasteiger partial charge in [-0.1, -0.05) is 26.7 Å². The van der Waals surface area contributed by atoms with Crippen LogP contribution in [0.4, 0.5) is 0 Å². The van der Waals surface area contributed by atoms with Gasteiger partial charge in [-0.2, -0.15) is 0 Å². The van der Waals surface area contributed by atoms with Crippen LogP contribution in [-0.2, 0) is 9.47 Å². The minimum Gasteiger partial charge on any atom is -0.384 e. The molecule has 1 saturated heterocycles. The Morgan fingerprint density at radius 1 is 1.35 bits per heavy atom. The highest BCUT2D eigenvalue weighted by Gasteiger charge is 2.41. The largest absolute Gasteiger partial charge is 0.384 e. The lowest BCUT2D eigenvalue weighted by Crippen LogP contribution is -2.46. The highest BCUT2D eigenvalue weighted by molar-refractivity contribution is 4.94. The SMILES string of the molecule is CCNC(CC(C)COC)C1CCOC2(CCCC2)C1. The fourth-order valence-electron chi connectivity index (χ4n) is 4.27. The van der Waals surface area contributed by atoms with Gasteiger partial charge in [-0.05, 0) is 50.5 Å². The Bertz CT molecular complexity index is 276. The second-order valence-electron chi connectivity index (χ2n) is 6.95. The summed E-state index contributed by atoms with van der Waals surface area (Å²) in [5.74, 6) is 1.41. The fourth-order valence-corrected chi connectivity index (χ4v) is 4.27. The average Bonchev–Trinajstić information content (AvgIpc) is 2.86. The van der Waals surface area contributed by atoms with E-state index >= 15 is 0 Å². The van der Waals surface area contributed by atoms with Crippen LogP contribution in [0.1, 0.15) is 58.8 Å². The predicted molar refractivity (Wildman–Crippen MR) is 83.0 cm³/mol. The van der Waals surface area contributed by atoms with Crippen LogP contribution in [-0.4, -0.2) is 38.5 Å². The monoisotopic (exact) mass is 283 g/mol. The summed E-state index contributed by atoms with van der Waals surface area (Å²) >= 11 is 0. The molecule has 1 N–H and O–H groups in total. The van der Waals surface area contributed by atoms with Crippen LogP contribution in [0.5, 0.6) is 0 Å². The number of hydrogen-bond donors (Lipinski definition) is 1. The van der Waals surface area contributed by atoms with Gasteiger partial charge in [0, 0.05) is 26.4 Å². The molecule has 2 rings (SSSR count). The van der Waals surface area contributed by atoms with Crippen molar-refractivity contribution >= 4 is 0 Å². The van der Waals surface area contributed by atoms with E-state index in [1.54, 1.807) is 7.11 Å². The molecule has 0 aromatic heterocycles. The van der Waals surface area contributed by atoms with Gasteiger partial charge in [-0.15, -0.1) is 0 Å². The van der Waals surface area contributed by atoms with E-state index < -0.39 is 0 Å². The van der Waals surface area contributed by atoms with E-state index in [1.165, 1.54) is 44.9 Å². The summed E-state index contributed by atoms with van der Waals surface area (Å²) in [6.07, 6.45) is 9.01. The normalized spacial score (nSPS) is 28.6. The average molecular weight is 283 g/mol. The molecule has 0 amide bonds. The molecule has 1 aliphatic carbocycles. The zero-order valence-electron chi connectivity index (χ0n) is 13.6. The van der Waals surface area contributed by atoms with E-state index in [-0.39, 0.29) is 5.60 Å². The molecule has 3 heteroatoms. The summed E-state index contributed by atoms with van der Waals surface area (Å²) in [7, 11) is 1.81. The Hall–Kier alpha value is -0.120. The number of hydrogen-bond acceptors (Lipinski definition) is 3. The van der Waals surface area contributed by atoms with Crippen molar-refractivity contribution in [2.24, 2.45) is 11.8 Å². The number of ether oxygens (including phenoxy) is 2. The fraction of sp³-hybridized carbons (Fsp3) is 1.00. The summed E-state index contributed by atoms with van der Waals surface area (Å²) in [5.41, 5.74) is 0.237. The van der Waals surface area contributed by atoms with Crippen molar-refractivity contribution in [1.29, 1.82) is 0 Å². The predicted octanol–water partition coefficient (Wildman–Crippen LogP) is 3.38. The quantitative estimate of drug-likeness (QED) is 0.777. The summed E-state index contributed by atoms with van der Waals surface area (Å²) in [4.78, 5) is 0. The number of nitrogens with one attached hydrogen (secondary N) is 1. The van der Waals surface area contributed by atoms with Crippen molar-refractivity contribution in [2.45, 2.75) is 70.4 Å². The van der Waals surface area contributed by atoms with E-state index in [0.717, 1.165) is 25.7 Å². The first kappa shape index (κ1) is 16.3. The number of rotatable bonds is 7. The van der Waals surface area contributed by atoms with Crippen LogP contribution in [0.15, 0.2) is 0 Å². The van der Waals surface area contributed by atoms with E-state index in [4.69, 9.17) is 9.47 Å². The van der Waals surface area contributed by atoms with Gasteiger partial charge < -0.3 is 14.8 Å². The molecule has 1 aliphatic heterocycles. The Kier molecular flexibility index (Phi) is 6.31. The molecular weight excluding hydrogens is 250 g/mol. The molecule has 1 spiro atoms. The van der Waals surface area contributed by atoms with E-state index in [1.807, 2.05) is 0 Å². The molecule has 1 saturated carbocycles. The first-order valence-corrected chi connectivity index (χ1v) is 8.55. The lowest BCUT2D eigenvalue weighted by atomic mass is 9.78. The molecular formula is C17H33NO2. The molecule has 2 aliphatic rings. The third kappa shape index (κ3) is 4.19. The Balaban J connectivity index is 1.93. The van der Waals surface area contributed by atoms with Gasteiger partial charge in [-0.25, -0.2) is 0 Å². The maximum absolute atomic E-state index is 6.18. The van der Waals surface area contributed by atoms with Crippen molar-refractivity contribution in [3.05, 3.63) is 0 Å². The molecule has 2 fully saturated rings. The zero-order chi connectivity index (χ0) is 14.4. The van der Waals surface area contributed by atoms with Crippen LogP contribution in [0, 0.1) is 11.8 Å². The van der Waals surface area contributed by atoms with Gasteiger partial charge in [0.1, 0.15) is 0 Å². The molecule has 0 radical (unpaired) electrons. The molecule has 118 valence electrons. The van der Waals surface area contributed by atoms with Crippen LogP contribution in [0.3, 0.4) is 0 Å². The van der Waals surface area contributed by atoms with E-state index in [2.05, 4.69) is 19.2 Å². The minimum absolute atomic E-state index is 0.237. The van der Waals surface area contributed by atoms with Gasteiger partial charge in [0.05, 0.1) is 5.60 Å². The Labute approximate surface area is 124 Å². The summed E-state index contributed by atoms with van der Waals surface area (Å²) in [6.45, 7) is 7.42. The van der Waals surface area contributed by atoms with Gasteiger partial charge in [0.25, 0.3) is 0 Å². The van der Waals surface area contributed by atoms with Gasteiger partial charge >= 0.3 is 0 Å². The smallest absolute Gasteiger partial charge is 0.0685 e. The topological polar surface area (TPSA) is 30.5 Å². The second kappa shape index (κ2) is 7.77. The first-order chi connectivity index (χ1) is 9.69. The van der Waals surface area contributed by atoms with Gasteiger partial charge in [-0.3, -0.25) is 0 Å². The maximum atomic E-state index is 6.18. The Morgan fingerprint density at radius 2 is 2.10 bits per heavy atom. The maximum Gasteiger partial charge on any atom is 0.0685 e. The Morgan fingerprint density at radius 3 is 2.75 bits per heavy atom. The highest BCUT2D eigenvalue weighted by atomic mass is 16.5. The number of methoxy groups -OCH3 is 1. The van der Waals surface area contributed by atoms with Crippen LogP contribution in [0.25, 0.3) is 0 Å². The molecule has 0 aromatic rings. The van der Waals surface area contributed by atoms with Crippen LogP contribution >= 0.6 is 0 Å². The molecule has 3 atom stereocenters. The third-order valence-corrected chi connectivity index (χ3v) is 5.19. The van der Waals surface area contributed by atoms with Crippen molar-refractivity contribution in [1.82, 2.24) is 5.32 Å². The lowest BCUT2D eigenvalue weighted by Gasteiger charge is -2.42. The molecule has 20 heavy (non-hydrogen) atoms. The molecule has 1 heterocycles. The summed E-state index contributed by atoms with van der Waals surface area (Å²) < 4.78 is 11.5. The second-order valence-corrected chi connectivity index (χ2v) is 6.95. The first-order valence-electron chi connectivity index (χ1n) is 8.55. The van der Waals surface area contributed by atoms with Crippen molar-refractivity contribution < 1.29 is 9.47 Å². The van der Waals surface area contributed by atoms with E-state index in [9.17, 15) is 0 Å². The molecule has 3 nitrogen and oxygen atoms in total. The zero-order valence-corrected chi connectivity index (χ0v) is 13.6. The summed E-state index contributed by atoms with van der Waals surface area (Å²) in [6, 6.07) is 0.631. The lowest BCUT2D eigenvalue weighted by molar-refractivity contribution is -0.0990. The van der Waals surface area contributed by atoms with Crippen LogP contribution < -0.4 is 5.32 Å². The summed E-state index contributed by atoms with van der Waals surface area (Å²) in [5, 5.41) is 3.74. The highest BCUT2D eigenvalue weighted by Crippen LogP contribution is 2.43. The molecule has 0 bridgehead atoms. The van der Waals surface area contributed by atoms with Crippen molar-refractivity contribution in [2.75, 3.05) is 26.9 Å². The van der Waals surface area contributed by atoms with Gasteiger partial charge in [0.2, 0.25) is 0 Å².